The number of hydrogen-bond donors (Lipinski definition) is 1. The average molecular weight is 300 g/mol. The fraction of sp³-hybridized carbons (Fsp3) is 0.273. The summed E-state index contributed by atoms with van der Waals surface area (Å²) in [5, 5.41) is 9.52. The van der Waals surface area contributed by atoms with E-state index in [2.05, 4.69) is 10.1 Å². The highest BCUT2D eigenvalue weighted by Crippen LogP contribution is 2.51. The van der Waals surface area contributed by atoms with Gasteiger partial charge < -0.3 is 4.52 Å². The second-order valence-electron chi connectivity index (χ2n) is 4.47. The van der Waals surface area contributed by atoms with Gasteiger partial charge in [-0.05, 0) is 25.0 Å². The third-order valence-electron chi connectivity index (χ3n) is 3.15. The van der Waals surface area contributed by atoms with Crippen LogP contribution in [-0.2, 0) is 14.8 Å². The number of hydrogen-bond acceptors (Lipinski definition) is 5. The Hall–Kier alpha value is -1.44. The standard InChI is InChI=1S/C11H10ClN3O3S/c12-8-3-1-2-7(6-8)9-14-10(18-15-9)11(4-5-11)19(13,16)17/h1-3,6H,4-5H2,(H2,13,16,17). The van der Waals surface area contributed by atoms with Crippen LogP contribution in [0.3, 0.4) is 0 Å². The molecule has 0 atom stereocenters. The van der Waals surface area contributed by atoms with Crippen LogP contribution in [0.4, 0.5) is 0 Å². The Morgan fingerprint density at radius 1 is 1.37 bits per heavy atom. The lowest BCUT2D eigenvalue weighted by molar-refractivity contribution is 0.368. The van der Waals surface area contributed by atoms with Gasteiger partial charge in [0.1, 0.15) is 0 Å². The number of nitrogens with two attached hydrogens (primary N) is 1. The van der Waals surface area contributed by atoms with E-state index in [9.17, 15) is 8.42 Å². The molecule has 0 saturated heterocycles. The highest BCUT2D eigenvalue weighted by Gasteiger charge is 2.59. The highest BCUT2D eigenvalue weighted by atomic mass is 35.5. The smallest absolute Gasteiger partial charge is 0.249 e. The van der Waals surface area contributed by atoms with E-state index in [0.29, 0.717) is 29.3 Å². The molecule has 1 heterocycles. The topological polar surface area (TPSA) is 99.1 Å². The number of sulfonamides is 1. The Bertz CT molecular complexity index is 737. The van der Waals surface area contributed by atoms with Crippen molar-refractivity contribution in [3.8, 4) is 11.4 Å². The maximum Gasteiger partial charge on any atom is 0.249 e. The minimum absolute atomic E-state index is 0.0463. The van der Waals surface area contributed by atoms with Gasteiger partial charge in [0.25, 0.3) is 0 Å². The van der Waals surface area contributed by atoms with Gasteiger partial charge >= 0.3 is 0 Å². The summed E-state index contributed by atoms with van der Waals surface area (Å²) in [7, 11) is -3.74. The number of aromatic nitrogens is 2. The quantitative estimate of drug-likeness (QED) is 0.929. The third kappa shape index (κ3) is 2.03. The lowest BCUT2D eigenvalue weighted by Crippen LogP contribution is -2.28. The lowest BCUT2D eigenvalue weighted by atomic mass is 10.2. The minimum Gasteiger partial charge on any atom is -0.337 e. The van der Waals surface area contributed by atoms with Crippen LogP contribution >= 0.6 is 11.6 Å². The maximum absolute atomic E-state index is 11.5. The SMILES string of the molecule is NS(=O)(=O)C1(c2nc(-c3cccc(Cl)c3)no2)CC1. The first-order valence-electron chi connectivity index (χ1n) is 5.55. The van der Waals surface area contributed by atoms with Gasteiger partial charge in [-0.3, -0.25) is 0 Å². The number of benzene rings is 1. The van der Waals surface area contributed by atoms with E-state index < -0.39 is 14.8 Å². The van der Waals surface area contributed by atoms with Crippen molar-refractivity contribution in [3.05, 3.63) is 35.2 Å². The largest absolute Gasteiger partial charge is 0.337 e. The molecule has 2 aromatic rings. The first-order valence-corrected chi connectivity index (χ1v) is 7.47. The van der Waals surface area contributed by atoms with E-state index in [1.165, 1.54) is 0 Å². The summed E-state index contributed by atoms with van der Waals surface area (Å²) >= 11 is 5.87. The van der Waals surface area contributed by atoms with Crippen LogP contribution in [0.2, 0.25) is 5.02 Å². The number of rotatable bonds is 3. The van der Waals surface area contributed by atoms with Crippen LogP contribution in [0.5, 0.6) is 0 Å². The molecular weight excluding hydrogens is 290 g/mol. The molecular formula is C11H10ClN3O3S. The lowest BCUT2D eigenvalue weighted by Gasteiger charge is -2.05. The first-order chi connectivity index (χ1) is 8.92. The average Bonchev–Trinajstić information content (AvgIpc) is 3.01. The Kier molecular flexibility index (Phi) is 2.67. The van der Waals surface area contributed by atoms with Crippen molar-refractivity contribution >= 4 is 21.6 Å². The third-order valence-corrected chi connectivity index (χ3v) is 5.05. The van der Waals surface area contributed by atoms with E-state index in [1.807, 2.05) is 0 Å². The number of halogens is 1. The van der Waals surface area contributed by atoms with Crippen LogP contribution in [0.15, 0.2) is 28.8 Å². The van der Waals surface area contributed by atoms with Crippen molar-refractivity contribution in [2.45, 2.75) is 17.6 Å². The van der Waals surface area contributed by atoms with Gasteiger partial charge in [-0.25, -0.2) is 13.6 Å². The van der Waals surface area contributed by atoms with Gasteiger partial charge in [0.05, 0.1) is 0 Å². The van der Waals surface area contributed by atoms with Crippen molar-refractivity contribution in [3.63, 3.8) is 0 Å². The van der Waals surface area contributed by atoms with E-state index in [0.717, 1.165) is 0 Å². The summed E-state index contributed by atoms with van der Waals surface area (Å²) in [4.78, 5) is 4.13. The molecule has 1 fully saturated rings. The Balaban J connectivity index is 2.02. The molecule has 0 spiro atoms. The molecule has 1 aliphatic rings. The van der Waals surface area contributed by atoms with Gasteiger partial charge in [0.2, 0.25) is 21.7 Å². The highest BCUT2D eigenvalue weighted by molar-refractivity contribution is 7.90. The molecule has 8 heteroatoms. The zero-order valence-electron chi connectivity index (χ0n) is 9.71. The molecule has 6 nitrogen and oxygen atoms in total. The molecule has 1 aromatic carbocycles. The van der Waals surface area contributed by atoms with Gasteiger partial charge in [-0.1, -0.05) is 28.9 Å². The predicted octanol–water partition coefficient (Wildman–Crippen LogP) is 1.67. The van der Waals surface area contributed by atoms with E-state index in [1.54, 1.807) is 24.3 Å². The van der Waals surface area contributed by atoms with Crippen LogP contribution in [0, 0.1) is 0 Å². The fourth-order valence-corrected chi connectivity index (χ4v) is 3.07. The van der Waals surface area contributed by atoms with Gasteiger partial charge in [-0.15, -0.1) is 0 Å². The summed E-state index contributed by atoms with van der Waals surface area (Å²) in [6, 6.07) is 6.91. The van der Waals surface area contributed by atoms with Gasteiger partial charge in [-0.2, -0.15) is 4.98 Å². The minimum atomic E-state index is -3.74. The van der Waals surface area contributed by atoms with Crippen molar-refractivity contribution in [2.24, 2.45) is 5.14 Å². The molecule has 0 aliphatic heterocycles. The van der Waals surface area contributed by atoms with Gasteiger partial charge in [0.15, 0.2) is 4.75 Å². The van der Waals surface area contributed by atoms with Crippen molar-refractivity contribution in [1.29, 1.82) is 0 Å². The number of nitrogens with zero attached hydrogens (tertiary/aromatic N) is 2. The molecule has 1 aromatic heterocycles. The first kappa shape index (κ1) is 12.6. The van der Waals surface area contributed by atoms with E-state index in [4.69, 9.17) is 21.3 Å². The Morgan fingerprint density at radius 2 is 2.11 bits per heavy atom. The van der Waals surface area contributed by atoms with Crippen LogP contribution < -0.4 is 5.14 Å². The summed E-state index contributed by atoms with van der Waals surface area (Å²) in [5.74, 6) is 0.345. The second kappa shape index (κ2) is 4.03. The molecule has 100 valence electrons. The molecule has 0 radical (unpaired) electrons. The zero-order valence-corrected chi connectivity index (χ0v) is 11.3. The molecule has 19 heavy (non-hydrogen) atoms. The zero-order chi connectivity index (χ0) is 13.7. The van der Waals surface area contributed by atoms with Crippen LogP contribution in [-0.4, -0.2) is 18.6 Å². The molecule has 0 unspecified atom stereocenters. The maximum atomic E-state index is 11.5. The van der Waals surface area contributed by atoms with Crippen molar-refractivity contribution < 1.29 is 12.9 Å². The molecule has 0 amide bonds. The molecule has 1 aliphatic carbocycles. The summed E-state index contributed by atoms with van der Waals surface area (Å²) in [6.07, 6.45) is 0.812. The summed E-state index contributed by atoms with van der Waals surface area (Å²) in [5.41, 5.74) is 0.660. The fourth-order valence-electron chi connectivity index (χ4n) is 1.89. The van der Waals surface area contributed by atoms with Crippen LogP contribution in [0.25, 0.3) is 11.4 Å². The molecule has 2 N–H and O–H groups in total. The molecule has 0 bridgehead atoms. The van der Waals surface area contributed by atoms with Gasteiger partial charge in [0, 0.05) is 10.6 Å². The summed E-state index contributed by atoms with van der Waals surface area (Å²) < 4.78 is 26.9. The monoisotopic (exact) mass is 299 g/mol. The molecule has 1 saturated carbocycles. The number of primary sulfonamides is 1. The van der Waals surface area contributed by atoms with E-state index in [-0.39, 0.29) is 5.89 Å². The van der Waals surface area contributed by atoms with Crippen molar-refractivity contribution in [2.75, 3.05) is 0 Å². The predicted molar refractivity (Wildman–Crippen MR) is 68.8 cm³/mol. The van der Waals surface area contributed by atoms with Crippen molar-refractivity contribution in [1.82, 2.24) is 10.1 Å². The Morgan fingerprint density at radius 3 is 2.68 bits per heavy atom. The Labute approximate surface area is 114 Å². The normalized spacial score (nSPS) is 17.4. The molecule has 3 rings (SSSR count). The van der Waals surface area contributed by atoms with E-state index >= 15 is 0 Å². The van der Waals surface area contributed by atoms with Crippen LogP contribution in [0.1, 0.15) is 18.7 Å². The second-order valence-corrected chi connectivity index (χ2v) is 6.78. The summed E-state index contributed by atoms with van der Waals surface area (Å²) in [6.45, 7) is 0.